The van der Waals surface area contributed by atoms with Crippen LogP contribution < -0.4 is 5.32 Å². The van der Waals surface area contributed by atoms with Crippen molar-refractivity contribution in [1.29, 1.82) is 0 Å². The Kier molecular flexibility index (Phi) is 4.71. The monoisotopic (exact) mass is 299 g/mol. The summed E-state index contributed by atoms with van der Waals surface area (Å²) in [6.45, 7) is 5.75. The van der Waals surface area contributed by atoms with E-state index in [0.717, 1.165) is 6.92 Å². The number of hydrogen-bond donors (Lipinski definition) is 1. The van der Waals surface area contributed by atoms with Crippen molar-refractivity contribution < 1.29 is 23.1 Å². The van der Waals surface area contributed by atoms with E-state index in [2.05, 4.69) is 0 Å². The van der Waals surface area contributed by atoms with E-state index in [9.17, 15) is 18.4 Å². The van der Waals surface area contributed by atoms with Crippen molar-refractivity contribution in [1.82, 2.24) is 5.32 Å². The Bertz CT molecular complexity index is 511. The lowest BCUT2D eigenvalue weighted by atomic mass is 9.89. The molecule has 1 N–H and O–H groups in total. The van der Waals surface area contributed by atoms with Crippen LogP contribution in [0.25, 0.3) is 0 Å². The topological polar surface area (TPSA) is 55.4 Å². The molecule has 0 radical (unpaired) electrons. The molecule has 0 aromatic heterocycles. The molecule has 1 atom stereocenters. The first-order valence-electron chi connectivity index (χ1n) is 6.43. The first kappa shape index (κ1) is 17.1. The average Bonchev–Trinajstić information content (AvgIpc) is 2.37. The highest BCUT2D eigenvalue weighted by Gasteiger charge is 2.53. The Labute approximate surface area is 122 Å². The van der Waals surface area contributed by atoms with Crippen molar-refractivity contribution in [3.63, 3.8) is 0 Å². The molecular weight excluding hydrogens is 280 g/mol. The van der Waals surface area contributed by atoms with Gasteiger partial charge in [0.2, 0.25) is 0 Å². The van der Waals surface area contributed by atoms with E-state index >= 15 is 0 Å². The molecular formula is C15H19F2NO3. The summed E-state index contributed by atoms with van der Waals surface area (Å²) in [5.74, 6) is -3.58. The van der Waals surface area contributed by atoms with Gasteiger partial charge in [-0.1, -0.05) is 30.3 Å². The molecule has 0 aliphatic carbocycles. The quantitative estimate of drug-likeness (QED) is 0.868. The highest BCUT2D eigenvalue weighted by Crippen LogP contribution is 2.37. The third kappa shape index (κ3) is 4.00. The lowest BCUT2D eigenvalue weighted by molar-refractivity contribution is -0.134. The van der Waals surface area contributed by atoms with Crippen LogP contribution in [0.5, 0.6) is 0 Å². The standard InChI is InChI=1S/C15H19F2NO3/c1-13(2,3)21-12(20)18-14(4,10-19)15(16,17)11-8-6-5-7-9-11/h5-10H,1-4H3,(H,18,20). The van der Waals surface area contributed by atoms with Crippen molar-refractivity contribution in [3.05, 3.63) is 35.9 Å². The normalized spacial score (nSPS) is 15.0. The van der Waals surface area contributed by atoms with Crippen LogP contribution in [-0.4, -0.2) is 23.5 Å². The number of hydrogen-bond acceptors (Lipinski definition) is 3. The predicted octanol–water partition coefficient (Wildman–Crippen LogP) is 3.26. The molecule has 6 heteroatoms. The number of rotatable bonds is 4. The van der Waals surface area contributed by atoms with Crippen molar-refractivity contribution in [2.24, 2.45) is 0 Å². The van der Waals surface area contributed by atoms with Crippen LogP contribution in [-0.2, 0) is 15.5 Å². The van der Waals surface area contributed by atoms with Gasteiger partial charge in [-0.25, -0.2) is 4.79 Å². The number of benzene rings is 1. The van der Waals surface area contributed by atoms with Gasteiger partial charge in [0.1, 0.15) is 5.60 Å². The Balaban J connectivity index is 3.04. The Morgan fingerprint density at radius 2 is 1.67 bits per heavy atom. The number of nitrogens with one attached hydrogen (secondary N) is 1. The molecule has 4 nitrogen and oxygen atoms in total. The molecule has 1 amide bonds. The molecule has 0 saturated heterocycles. The zero-order valence-electron chi connectivity index (χ0n) is 12.4. The number of alkyl halides is 2. The highest BCUT2D eigenvalue weighted by atomic mass is 19.3. The second-order valence-electron chi connectivity index (χ2n) is 5.89. The SMILES string of the molecule is CC(C)(C)OC(=O)NC(C)(C=O)C(F)(F)c1ccccc1. The second kappa shape index (κ2) is 5.79. The number of alkyl carbamates (subject to hydrolysis) is 1. The Hall–Kier alpha value is -1.98. The molecule has 1 rings (SSSR count). The lowest BCUT2D eigenvalue weighted by Crippen LogP contribution is -2.58. The summed E-state index contributed by atoms with van der Waals surface area (Å²) in [7, 11) is 0. The number of aldehydes is 1. The van der Waals surface area contributed by atoms with Crippen LogP contribution in [0.3, 0.4) is 0 Å². The first-order chi connectivity index (χ1) is 9.52. The number of amides is 1. The molecule has 1 aromatic rings. The summed E-state index contributed by atoms with van der Waals surface area (Å²) in [5, 5.41) is 1.96. The minimum atomic E-state index is -3.58. The maximum absolute atomic E-state index is 14.5. The minimum Gasteiger partial charge on any atom is -0.444 e. The van der Waals surface area contributed by atoms with Gasteiger partial charge < -0.3 is 14.8 Å². The van der Waals surface area contributed by atoms with Crippen molar-refractivity contribution in [2.45, 2.75) is 44.8 Å². The first-order valence-corrected chi connectivity index (χ1v) is 6.43. The van der Waals surface area contributed by atoms with Gasteiger partial charge in [-0.15, -0.1) is 0 Å². The molecule has 0 saturated carbocycles. The van der Waals surface area contributed by atoms with Gasteiger partial charge in [0.25, 0.3) is 0 Å². The van der Waals surface area contributed by atoms with E-state index in [-0.39, 0.29) is 11.8 Å². The summed E-state index contributed by atoms with van der Waals surface area (Å²) in [6.07, 6.45) is -1.06. The van der Waals surface area contributed by atoms with Crippen LogP contribution in [0, 0.1) is 0 Å². The molecule has 0 bridgehead atoms. The fraction of sp³-hybridized carbons (Fsp3) is 0.467. The Morgan fingerprint density at radius 3 is 2.10 bits per heavy atom. The minimum absolute atomic E-state index is 0.0178. The predicted molar refractivity (Wildman–Crippen MR) is 74.2 cm³/mol. The summed E-state index contributed by atoms with van der Waals surface area (Å²) >= 11 is 0. The number of carbonyl (C=O) groups is 2. The molecule has 0 aliphatic rings. The maximum atomic E-state index is 14.5. The molecule has 21 heavy (non-hydrogen) atoms. The molecule has 0 aliphatic heterocycles. The van der Waals surface area contributed by atoms with Gasteiger partial charge in [0, 0.05) is 5.56 Å². The van der Waals surface area contributed by atoms with E-state index in [1.165, 1.54) is 24.3 Å². The molecule has 116 valence electrons. The van der Waals surface area contributed by atoms with Crippen molar-refractivity contribution in [3.8, 4) is 0 Å². The van der Waals surface area contributed by atoms with Gasteiger partial charge in [0.05, 0.1) is 0 Å². The summed E-state index contributed by atoms with van der Waals surface area (Å²) in [4.78, 5) is 22.9. The molecule has 0 heterocycles. The van der Waals surface area contributed by atoms with Crippen molar-refractivity contribution >= 4 is 12.4 Å². The smallest absolute Gasteiger partial charge is 0.408 e. The third-order valence-corrected chi connectivity index (χ3v) is 2.78. The fourth-order valence-electron chi connectivity index (χ4n) is 1.64. The van der Waals surface area contributed by atoms with Crippen LogP contribution in [0.4, 0.5) is 13.6 Å². The molecule has 0 fully saturated rings. The summed E-state index contributed by atoms with van der Waals surface area (Å²) < 4.78 is 33.9. The van der Waals surface area contributed by atoms with Gasteiger partial charge in [-0.2, -0.15) is 8.78 Å². The van der Waals surface area contributed by atoms with Crippen LogP contribution in [0.2, 0.25) is 0 Å². The van der Waals surface area contributed by atoms with Gasteiger partial charge in [-0.3, -0.25) is 0 Å². The zero-order valence-corrected chi connectivity index (χ0v) is 12.4. The number of carbonyl (C=O) groups excluding carboxylic acids is 2. The number of halogens is 2. The van der Waals surface area contributed by atoms with Crippen LogP contribution in [0.15, 0.2) is 30.3 Å². The van der Waals surface area contributed by atoms with E-state index in [1.807, 2.05) is 5.32 Å². The average molecular weight is 299 g/mol. The lowest BCUT2D eigenvalue weighted by Gasteiger charge is -2.34. The largest absolute Gasteiger partial charge is 0.444 e. The molecule has 0 spiro atoms. The van der Waals surface area contributed by atoms with Crippen LogP contribution >= 0.6 is 0 Å². The third-order valence-electron chi connectivity index (χ3n) is 2.78. The van der Waals surface area contributed by atoms with E-state index in [0.29, 0.717) is 0 Å². The molecule has 1 aromatic carbocycles. The fourth-order valence-corrected chi connectivity index (χ4v) is 1.64. The van der Waals surface area contributed by atoms with E-state index in [4.69, 9.17) is 4.74 Å². The summed E-state index contributed by atoms with van der Waals surface area (Å²) in [6, 6.07) is 6.83. The highest BCUT2D eigenvalue weighted by molar-refractivity contribution is 5.77. The van der Waals surface area contributed by atoms with E-state index in [1.54, 1.807) is 26.8 Å². The van der Waals surface area contributed by atoms with Crippen molar-refractivity contribution in [2.75, 3.05) is 0 Å². The van der Waals surface area contributed by atoms with Gasteiger partial charge in [0.15, 0.2) is 11.8 Å². The van der Waals surface area contributed by atoms with Crippen LogP contribution in [0.1, 0.15) is 33.3 Å². The van der Waals surface area contributed by atoms with Gasteiger partial charge >= 0.3 is 12.0 Å². The van der Waals surface area contributed by atoms with E-state index < -0.39 is 23.2 Å². The molecule has 1 unspecified atom stereocenters. The maximum Gasteiger partial charge on any atom is 0.408 e. The number of ether oxygens (including phenoxy) is 1. The zero-order chi connectivity index (χ0) is 16.3. The van der Waals surface area contributed by atoms with Gasteiger partial charge in [-0.05, 0) is 27.7 Å². The Morgan fingerprint density at radius 1 is 1.14 bits per heavy atom. The summed E-state index contributed by atoms with van der Waals surface area (Å²) in [5.41, 5.74) is -3.62. The second-order valence-corrected chi connectivity index (χ2v) is 5.89.